The first kappa shape index (κ1) is 15.4. The minimum atomic E-state index is 0.429. The van der Waals surface area contributed by atoms with Crippen LogP contribution in [0.3, 0.4) is 0 Å². The fourth-order valence-electron chi connectivity index (χ4n) is 3.47. The maximum Gasteiger partial charge on any atom is 0.0414 e. The van der Waals surface area contributed by atoms with E-state index >= 15 is 0 Å². The molecule has 2 heteroatoms. The normalized spacial score (nSPS) is 24.7. The van der Waals surface area contributed by atoms with Crippen LogP contribution in [0.1, 0.15) is 52.1 Å². The van der Waals surface area contributed by atoms with Gasteiger partial charge in [-0.3, -0.25) is 0 Å². The molecule has 1 aromatic rings. The van der Waals surface area contributed by atoms with Gasteiger partial charge >= 0.3 is 0 Å². The average Bonchev–Trinajstić information content (AvgIpc) is 2.43. The van der Waals surface area contributed by atoms with E-state index in [1.165, 1.54) is 37.2 Å². The molecule has 0 saturated carbocycles. The highest BCUT2D eigenvalue weighted by atomic mass is 15.1. The Bertz CT molecular complexity index is 406. The lowest BCUT2D eigenvalue weighted by atomic mass is 9.90. The summed E-state index contributed by atoms with van der Waals surface area (Å²) in [5, 5.41) is 3.62. The summed E-state index contributed by atoms with van der Waals surface area (Å²) >= 11 is 0. The molecular weight excluding hydrogens is 244 g/mol. The van der Waals surface area contributed by atoms with Crippen molar-refractivity contribution in [3.63, 3.8) is 0 Å². The van der Waals surface area contributed by atoms with Crippen LogP contribution in [0.5, 0.6) is 0 Å². The van der Waals surface area contributed by atoms with Gasteiger partial charge in [0.1, 0.15) is 0 Å². The van der Waals surface area contributed by atoms with Gasteiger partial charge in [-0.1, -0.05) is 39.0 Å². The van der Waals surface area contributed by atoms with Crippen LogP contribution in [0.4, 0.5) is 5.69 Å². The van der Waals surface area contributed by atoms with Gasteiger partial charge in [0.05, 0.1) is 0 Å². The van der Waals surface area contributed by atoms with E-state index in [1.807, 2.05) is 0 Å². The summed E-state index contributed by atoms with van der Waals surface area (Å²) in [4.78, 5) is 2.60. The van der Waals surface area contributed by atoms with Gasteiger partial charge < -0.3 is 10.2 Å². The maximum absolute atomic E-state index is 3.62. The van der Waals surface area contributed by atoms with Gasteiger partial charge in [0.15, 0.2) is 0 Å². The number of nitrogens with one attached hydrogen (secondary N) is 1. The van der Waals surface area contributed by atoms with Gasteiger partial charge in [-0.2, -0.15) is 0 Å². The molecule has 3 atom stereocenters. The van der Waals surface area contributed by atoms with Gasteiger partial charge in [0.2, 0.25) is 0 Å². The van der Waals surface area contributed by atoms with Crippen LogP contribution in [-0.2, 0) is 0 Å². The summed E-state index contributed by atoms with van der Waals surface area (Å²) in [6.45, 7) is 12.7. The minimum absolute atomic E-state index is 0.429. The third-order valence-corrected chi connectivity index (χ3v) is 4.31. The summed E-state index contributed by atoms with van der Waals surface area (Å²) in [5.41, 5.74) is 2.88. The lowest BCUT2D eigenvalue weighted by Crippen LogP contribution is -2.39. The Hall–Kier alpha value is -1.02. The zero-order valence-corrected chi connectivity index (χ0v) is 13.5. The molecule has 0 bridgehead atoms. The van der Waals surface area contributed by atoms with Crippen molar-refractivity contribution in [2.24, 2.45) is 11.8 Å². The van der Waals surface area contributed by atoms with Crippen molar-refractivity contribution >= 4 is 5.69 Å². The van der Waals surface area contributed by atoms with Crippen molar-refractivity contribution in [2.45, 2.75) is 46.6 Å². The molecule has 1 N–H and O–H groups in total. The van der Waals surface area contributed by atoms with Crippen LogP contribution >= 0.6 is 0 Å². The summed E-state index contributed by atoms with van der Waals surface area (Å²) in [7, 11) is 0. The van der Waals surface area contributed by atoms with E-state index in [0.29, 0.717) is 6.04 Å². The lowest BCUT2D eigenvalue weighted by molar-refractivity contribution is 0.356. The van der Waals surface area contributed by atoms with E-state index in [4.69, 9.17) is 0 Å². The van der Waals surface area contributed by atoms with E-state index < -0.39 is 0 Å². The molecule has 0 aliphatic carbocycles. The number of hydrogen-bond acceptors (Lipinski definition) is 2. The van der Waals surface area contributed by atoms with Crippen molar-refractivity contribution in [2.75, 3.05) is 24.5 Å². The molecule has 1 aromatic carbocycles. The molecule has 0 amide bonds. The zero-order chi connectivity index (χ0) is 14.5. The van der Waals surface area contributed by atoms with Crippen LogP contribution < -0.4 is 10.2 Å². The second-order valence-electron chi connectivity index (χ2n) is 6.59. The molecule has 3 unspecified atom stereocenters. The number of para-hydroxylation sites is 1. The van der Waals surface area contributed by atoms with Crippen molar-refractivity contribution in [1.82, 2.24) is 5.32 Å². The first-order valence-corrected chi connectivity index (χ1v) is 8.19. The molecule has 20 heavy (non-hydrogen) atoms. The highest BCUT2D eigenvalue weighted by Gasteiger charge is 2.24. The van der Waals surface area contributed by atoms with Gasteiger partial charge in [-0.15, -0.1) is 0 Å². The Labute approximate surface area is 124 Å². The molecule has 0 radical (unpaired) electrons. The van der Waals surface area contributed by atoms with Crippen LogP contribution in [-0.4, -0.2) is 19.6 Å². The number of piperidine rings is 1. The van der Waals surface area contributed by atoms with Crippen molar-refractivity contribution < 1.29 is 0 Å². The topological polar surface area (TPSA) is 15.3 Å². The minimum Gasteiger partial charge on any atom is -0.371 e. The highest BCUT2D eigenvalue weighted by Crippen LogP contribution is 2.31. The Morgan fingerprint density at radius 3 is 2.50 bits per heavy atom. The van der Waals surface area contributed by atoms with Crippen LogP contribution in [0.25, 0.3) is 0 Å². The summed E-state index contributed by atoms with van der Waals surface area (Å²) in [5.74, 6) is 1.59. The van der Waals surface area contributed by atoms with E-state index in [0.717, 1.165) is 18.4 Å². The fraction of sp³-hybridized carbons (Fsp3) is 0.667. The van der Waals surface area contributed by atoms with E-state index in [2.05, 4.69) is 62.2 Å². The predicted molar refractivity (Wildman–Crippen MR) is 88.3 cm³/mol. The molecule has 0 spiro atoms. The molecule has 1 fully saturated rings. The van der Waals surface area contributed by atoms with Crippen molar-refractivity contribution in [3.05, 3.63) is 29.8 Å². The molecule has 1 saturated heterocycles. The molecule has 1 aliphatic rings. The second kappa shape index (κ2) is 7.12. The number of anilines is 1. The first-order valence-electron chi connectivity index (χ1n) is 8.19. The highest BCUT2D eigenvalue weighted by molar-refractivity contribution is 5.55. The van der Waals surface area contributed by atoms with Gasteiger partial charge in [0, 0.05) is 24.8 Å². The predicted octanol–water partition coefficient (Wildman–Crippen LogP) is 4.23. The van der Waals surface area contributed by atoms with Crippen LogP contribution in [0.15, 0.2) is 24.3 Å². The van der Waals surface area contributed by atoms with Gasteiger partial charge in [-0.05, 0) is 49.8 Å². The van der Waals surface area contributed by atoms with Crippen molar-refractivity contribution in [1.29, 1.82) is 0 Å². The van der Waals surface area contributed by atoms with Gasteiger partial charge in [-0.25, -0.2) is 0 Å². The maximum atomic E-state index is 3.62. The zero-order valence-electron chi connectivity index (χ0n) is 13.5. The standard InChI is InChI=1S/C18H30N2/c1-5-10-19-16(4)17-8-6-7-9-18(17)20-12-14(2)11-15(3)13-20/h6-9,14-16,19H,5,10-13H2,1-4H3. The summed E-state index contributed by atoms with van der Waals surface area (Å²) < 4.78 is 0. The number of rotatable bonds is 5. The van der Waals surface area contributed by atoms with E-state index in [-0.39, 0.29) is 0 Å². The molecule has 0 aromatic heterocycles. The third-order valence-electron chi connectivity index (χ3n) is 4.31. The smallest absolute Gasteiger partial charge is 0.0414 e. The fourth-order valence-corrected chi connectivity index (χ4v) is 3.47. The Morgan fingerprint density at radius 1 is 1.20 bits per heavy atom. The first-order chi connectivity index (χ1) is 9.61. The Morgan fingerprint density at radius 2 is 1.85 bits per heavy atom. The Balaban J connectivity index is 2.18. The second-order valence-corrected chi connectivity index (χ2v) is 6.59. The Kier molecular flexibility index (Phi) is 5.47. The van der Waals surface area contributed by atoms with Crippen molar-refractivity contribution in [3.8, 4) is 0 Å². The molecule has 2 nitrogen and oxygen atoms in total. The number of benzene rings is 1. The average molecular weight is 274 g/mol. The quantitative estimate of drug-likeness (QED) is 0.864. The SMILES string of the molecule is CCCNC(C)c1ccccc1N1CC(C)CC(C)C1. The lowest BCUT2D eigenvalue weighted by Gasteiger charge is -2.38. The monoisotopic (exact) mass is 274 g/mol. The van der Waals surface area contributed by atoms with Gasteiger partial charge in [0.25, 0.3) is 0 Å². The summed E-state index contributed by atoms with van der Waals surface area (Å²) in [6, 6.07) is 9.35. The van der Waals surface area contributed by atoms with E-state index in [9.17, 15) is 0 Å². The molecule has 1 aliphatic heterocycles. The van der Waals surface area contributed by atoms with E-state index in [1.54, 1.807) is 0 Å². The van der Waals surface area contributed by atoms with Crippen LogP contribution in [0, 0.1) is 11.8 Å². The molecule has 1 heterocycles. The largest absolute Gasteiger partial charge is 0.371 e. The number of hydrogen-bond donors (Lipinski definition) is 1. The summed E-state index contributed by atoms with van der Waals surface area (Å²) in [6.07, 6.45) is 2.55. The molecular formula is C18H30N2. The molecule has 112 valence electrons. The van der Waals surface area contributed by atoms with Crippen LogP contribution in [0.2, 0.25) is 0 Å². The third kappa shape index (κ3) is 3.76. The number of nitrogens with zero attached hydrogens (tertiary/aromatic N) is 1. The molecule has 2 rings (SSSR count).